The van der Waals surface area contributed by atoms with Crippen LogP contribution in [0.15, 0.2) is 122 Å². The summed E-state index contributed by atoms with van der Waals surface area (Å²) in [5, 5.41) is 41.8. The third-order valence-electron chi connectivity index (χ3n) is 13.5. The fourth-order valence-electron chi connectivity index (χ4n) is 9.12. The highest BCUT2D eigenvalue weighted by atomic mass is 33.1. The summed E-state index contributed by atoms with van der Waals surface area (Å²) in [4.78, 5) is 120. The minimum Gasteiger partial charge on any atom is -0.480 e. The zero-order valence-corrected chi connectivity index (χ0v) is 45.1. The minimum absolute atomic E-state index is 0.0113. The number of carboxylic acid groups (broad SMARTS) is 1. The fourth-order valence-corrected chi connectivity index (χ4v) is 11.4. The summed E-state index contributed by atoms with van der Waals surface area (Å²) in [7, 11) is 2.01. The molecule has 1 aliphatic heterocycles. The van der Waals surface area contributed by atoms with Crippen LogP contribution < -0.4 is 48.7 Å². The van der Waals surface area contributed by atoms with Crippen molar-refractivity contribution in [1.82, 2.24) is 47.2 Å². The van der Waals surface area contributed by atoms with E-state index in [1.165, 1.54) is 6.92 Å². The van der Waals surface area contributed by atoms with Crippen LogP contribution in [0, 0.1) is 0 Å². The lowest BCUT2D eigenvalue weighted by atomic mass is 10.0. The Hall–Kier alpha value is -7.70. The Morgan fingerprint density at radius 2 is 1.18 bits per heavy atom. The van der Waals surface area contributed by atoms with Crippen LogP contribution in [0.3, 0.4) is 0 Å². The van der Waals surface area contributed by atoms with Crippen LogP contribution in [0.2, 0.25) is 0 Å². The number of hydrogen-bond donors (Lipinski definition) is 13. The topological polar surface area (TPSA) is 345 Å². The van der Waals surface area contributed by atoms with Gasteiger partial charge in [0.1, 0.15) is 42.3 Å². The van der Waals surface area contributed by atoms with Crippen LogP contribution in [0.4, 0.5) is 0 Å². The van der Waals surface area contributed by atoms with Gasteiger partial charge < -0.3 is 68.9 Å². The van der Waals surface area contributed by atoms with Gasteiger partial charge in [-0.3, -0.25) is 33.6 Å². The van der Waals surface area contributed by atoms with E-state index < -0.39 is 102 Å². The van der Waals surface area contributed by atoms with E-state index in [-0.39, 0.29) is 50.2 Å². The monoisotopic (exact) mass is 1120 g/mol. The van der Waals surface area contributed by atoms with Crippen molar-refractivity contribution in [3.63, 3.8) is 0 Å². The van der Waals surface area contributed by atoms with Gasteiger partial charge in [0.05, 0.1) is 12.1 Å². The number of fused-ring (bicyclic) bond motifs is 2. The number of rotatable bonds is 18. The Balaban J connectivity index is 1.24. The summed E-state index contributed by atoms with van der Waals surface area (Å²) in [5.41, 5.74) is 16.4. The van der Waals surface area contributed by atoms with Crippen molar-refractivity contribution in [2.75, 3.05) is 18.1 Å². The number of unbranched alkanes of at least 4 members (excludes halogenated alkanes) is 1. The summed E-state index contributed by atoms with van der Waals surface area (Å²) in [5.74, 6) is -7.70. The van der Waals surface area contributed by atoms with E-state index in [9.17, 15) is 48.6 Å². The molecule has 3 heterocycles. The van der Waals surface area contributed by atoms with Crippen molar-refractivity contribution in [2.45, 2.75) is 106 Å². The predicted octanol–water partition coefficient (Wildman–Crippen LogP) is 1.63. The number of benzene rings is 4. The maximum atomic E-state index is 14.8. The Kier molecular flexibility index (Phi) is 21.5. The molecule has 6 aromatic rings. The second-order valence-electron chi connectivity index (χ2n) is 19.4. The highest BCUT2D eigenvalue weighted by molar-refractivity contribution is 8.76. The number of aromatic amines is 2. The molecule has 1 saturated heterocycles. The number of carboxylic acids is 1. The highest BCUT2D eigenvalue weighted by Crippen LogP contribution is 2.25. The standard InChI is InChI=1S/C56H67N11O10S2/c1-32(68)48-55(75)66-47(54(74)64-45(56(76)77)27-36-29-60-41-21-11-9-19-38(36)41)31-79-78-30-46(65-49(69)39(58)24-33-14-4-2-5-15-33)53(73)62-43(25-34-16-6-3-7-17-34)51(71)63-44(26-35-28-59-40-20-10-8-18-37(35)40)52(72)61-42(50(70)67-48)22-12-13-23-57/h2-11,14-21,28-29,32,39,42-48,59-60,68H,12-13,22-27,30-31,57-58H2,1H3,(H,61,72)(H,62,73)(H,63,71)(H,64,74)(H,65,69)(H,66,75)(H,67,70)(H,76,77)/t32-,39-,42+,43+,44-,45+,46+,47+,48+/m1/s1. The van der Waals surface area contributed by atoms with Gasteiger partial charge in [0.15, 0.2) is 0 Å². The summed E-state index contributed by atoms with van der Waals surface area (Å²) in [6.45, 7) is 1.50. The molecule has 0 unspecified atom stereocenters. The van der Waals surface area contributed by atoms with Crippen molar-refractivity contribution in [1.29, 1.82) is 0 Å². The Morgan fingerprint density at radius 3 is 1.81 bits per heavy atom. The average molecular weight is 1120 g/mol. The molecule has 0 radical (unpaired) electrons. The van der Waals surface area contributed by atoms with Crippen molar-refractivity contribution in [2.24, 2.45) is 11.5 Å². The summed E-state index contributed by atoms with van der Waals surface area (Å²) >= 11 is 0. The molecule has 15 N–H and O–H groups in total. The first-order valence-electron chi connectivity index (χ1n) is 26.0. The second-order valence-corrected chi connectivity index (χ2v) is 22.0. The first-order chi connectivity index (χ1) is 38.1. The molecule has 23 heteroatoms. The molecule has 1 aliphatic rings. The van der Waals surface area contributed by atoms with Gasteiger partial charge in [0, 0.05) is 65.0 Å². The Morgan fingerprint density at radius 1 is 0.633 bits per heavy atom. The number of amides is 7. The first-order valence-corrected chi connectivity index (χ1v) is 28.5. The molecule has 0 saturated carbocycles. The number of aromatic nitrogens is 2. The van der Waals surface area contributed by atoms with Gasteiger partial charge in [-0.25, -0.2) is 4.79 Å². The number of carbonyl (C=O) groups excluding carboxylic acids is 7. The van der Waals surface area contributed by atoms with Crippen molar-refractivity contribution >= 4 is 90.7 Å². The maximum absolute atomic E-state index is 14.8. The van der Waals surface area contributed by atoms with Crippen LogP contribution in [-0.2, 0) is 64.0 Å². The molecule has 0 aliphatic carbocycles. The van der Waals surface area contributed by atoms with E-state index in [4.69, 9.17) is 11.5 Å². The molecule has 9 atom stereocenters. The lowest BCUT2D eigenvalue weighted by Gasteiger charge is -2.29. The van der Waals surface area contributed by atoms with Crippen LogP contribution in [0.25, 0.3) is 21.8 Å². The molecule has 21 nitrogen and oxygen atoms in total. The molecule has 0 bridgehead atoms. The lowest BCUT2D eigenvalue weighted by Crippen LogP contribution is -2.62. The molecular weight excluding hydrogens is 1050 g/mol. The average Bonchev–Trinajstić information content (AvgIpc) is 4.11. The van der Waals surface area contributed by atoms with Gasteiger partial charge in [-0.05, 0) is 73.5 Å². The number of aliphatic carboxylic acids is 1. The van der Waals surface area contributed by atoms with E-state index >= 15 is 0 Å². The van der Waals surface area contributed by atoms with Gasteiger partial charge in [-0.1, -0.05) is 119 Å². The quantitative estimate of drug-likeness (QED) is 0.0430. The number of carbonyl (C=O) groups is 8. The molecule has 7 rings (SSSR count). The lowest BCUT2D eigenvalue weighted by molar-refractivity contribution is -0.142. The fraction of sp³-hybridized carbons (Fsp3) is 0.357. The molecule has 7 amide bonds. The van der Waals surface area contributed by atoms with E-state index in [1.54, 1.807) is 79.1 Å². The zero-order chi connectivity index (χ0) is 56.4. The Labute approximate surface area is 464 Å². The van der Waals surface area contributed by atoms with Gasteiger partial charge in [-0.15, -0.1) is 0 Å². The van der Waals surface area contributed by atoms with Crippen molar-refractivity contribution in [3.8, 4) is 0 Å². The van der Waals surface area contributed by atoms with E-state index in [2.05, 4.69) is 47.2 Å². The predicted molar refractivity (Wildman–Crippen MR) is 303 cm³/mol. The third kappa shape index (κ3) is 16.7. The van der Waals surface area contributed by atoms with Crippen LogP contribution in [0.5, 0.6) is 0 Å². The van der Waals surface area contributed by atoms with E-state index in [0.717, 1.165) is 49.0 Å². The van der Waals surface area contributed by atoms with E-state index in [1.807, 2.05) is 42.5 Å². The number of aliphatic hydroxyl groups is 1. The number of nitrogens with two attached hydrogens (primary N) is 2. The van der Waals surface area contributed by atoms with Crippen molar-refractivity contribution in [3.05, 3.63) is 144 Å². The zero-order valence-electron chi connectivity index (χ0n) is 43.4. The molecule has 4 aromatic carbocycles. The highest BCUT2D eigenvalue weighted by Gasteiger charge is 2.37. The van der Waals surface area contributed by atoms with Gasteiger partial charge >= 0.3 is 5.97 Å². The van der Waals surface area contributed by atoms with Gasteiger partial charge in [0.25, 0.3) is 0 Å². The summed E-state index contributed by atoms with van der Waals surface area (Å²) < 4.78 is 0. The minimum atomic E-state index is -1.72. The van der Waals surface area contributed by atoms with E-state index in [0.29, 0.717) is 29.5 Å². The summed E-state index contributed by atoms with van der Waals surface area (Å²) in [6.07, 6.45) is 2.38. The molecular formula is C56H67N11O10S2. The maximum Gasteiger partial charge on any atom is 0.326 e. The second kappa shape index (κ2) is 28.8. The number of nitrogens with one attached hydrogen (secondary N) is 9. The molecule has 2 aromatic heterocycles. The van der Waals surface area contributed by atoms with Crippen LogP contribution in [0.1, 0.15) is 48.4 Å². The molecule has 0 spiro atoms. The third-order valence-corrected chi connectivity index (χ3v) is 15.9. The van der Waals surface area contributed by atoms with Crippen molar-refractivity contribution < 1.29 is 48.6 Å². The summed E-state index contributed by atoms with van der Waals surface area (Å²) in [6, 6.07) is 21.1. The number of hydrogen-bond acceptors (Lipinski definition) is 13. The van der Waals surface area contributed by atoms with Crippen LogP contribution >= 0.6 is 21.6 Å². The Bertz CT molecular complexity index is 3070. The number of H-pyrrole nitrogens is 2. The molecule has 79 heavy (non-hydrogen) atoms. The normalized spacial score (nSPS) is 21.3. The first kappa shape index (κ1) is 59.0. The molecule has 418 valence electrons. The SMILES string of the molecule is C[C@@H](O)[C@@H]1NC(=O)[C@H](CCCCN)NC(=O)[C@@H](Cc2c[nH]c3ccccc23)NC(=O)[C@H](Cc2ccccc2)NC(=O)[C@@H](NC(=O)[C@H](N)Cc2ccccc2)CSSC[C@@H](C(=O)N[C@@H](Cc2c[nH]c3ccccc23)C(=O)O)NC1=O. The number of aliphatic hydroxyl groups excluding tert-OH is 1. The van der Waals surface area contributed by atoms with Gasteiger partial charge in [-0.2, -0.15) is 0 Å². The number of para-hydroxylation sites is 2. The molecule has 1 fully saturated rings. The largest absolute Gasteiger partial charge is 0.480 e. The van der Waals surface area contributed by atoms with Gasteiger partial charge in [0.2, 0.25) is 41.4 Å². The smallest absolute Gasteiger partial charge is 0.326 e. The van der Waals surface area contributed by atoms with Crippen LogP contribution in [-0.4, -0.2) is 140 Å².